The minimum Gasteiger partial charge on any atom is -0.507 e. The van der Waals surface area contributed by atoms with Gasteiger partial charge in [0, 0.05) is 24.8 Å². The van der Waals surface area contributed by atoms with E-state index in [2.05, 4.69) is 9.88 Å². The maximum absolute atomic E-state index is 13.1. The van der Waals surface area contributed by atoms with Gasteiger partial charge in [0.1, 0.15) is 11.8 Å². The number of amides is 1. The molecule has 32 heavy (non-hydrogen) atoms. The molecule has 8 heteroatoms. The molecule has 1 aliphatic rings. The molecule has 170 valence electrons. The van der Waals surface area contributed by atoms with Crippen LogP contribution in [0.3, 0.4) is 0 Å². The summed E-state index contributed by atoms with van der Waals surface area (Å²) in [5, 5.41) is 11.2. The first-order valence-electron chi connectivity index (χ1n) is 10.6. The number of Topliss-reactive ketones (excluding diaryl/α,β-unsaturated/α-hetero) is 1. The molecule has 0 aliphatic carbocycles. The highest BCUT2D eigenvalue weighted by molar-refractivity contribution is 6.46. The zero-order chi connectivity index (χ0) is 23.3. The smallest absolute Gasteiger partial charge is 0.295 e. The lowest BCUT2D eigenvalue weighted by Gasteiger charge is -2.27. The van der Waals surface area contributed by atoms with Gasteiger partial charge in [0.25, 0.3) is 11.7 Å². The van der Waals surface area contributed by atoms with Crippen LogP contribution in [0, 0.1) is 0 Å². The third kappa shape index (κ3) is 4.45. The second kappa shape index (κ2) is 10.3. The lowest BCUT2D eigenvalue weighted by atomic mass is 9.98. The molecular weight excluding hydrogens is 410 g/mol. The number of carbonyl (C=O) groups is 2. The van der Waals surface area contributed by atoms with Crippen LogP contribution in [0.2, 0.25) is 0 Å². The molecule has 1 aromatic heterocycles. The molecule has 1 saturated heterocycles. The van der Waals surface area contributed by atoms with Gasteiger partial charge >= 0.3 is 0 Å². The number of aliphatic hydroxyl groups excluding tert-OH is 1. The Balaban J connectivity index is 2.10. The maximum atomic E-state index is 13.1. The number of likely N-dealkylation sites (tertiary alicyclic amines) is 1. The third-order valence-corrected chi connectivity index (χ3v) is 5.72. The van der Waals surface area contributed by atoms with Crippen LogP contribution in [0.15, 0.2) is 48.2 Å². The van der Waals surface area contributed by atoms with E-state index in [1.54, 1.807) is 42.6 Å². The highest BCUT2D eigenvalue weighted by Gasteiger charge is 2.46. The van der Waals surface area contributed by atoms with Crippen molar-refractivity contribution in [3.8, 4) is 11.5 Å². The number of carbonyl (C=O) groups excluding carboxylic acids is 2. The SMILES string of the molecule is CCN(CC)CCN1C(=O)C(=O)C(=C(O)c2ccc(OC)c(OC)c2)[C@H]1c1ccccn1. The van der Waals surface area contributed by atoms with Crippen LogP contribution in [-0.2, 0) is 9.59 Å². The molecule has 1 aliphatic heterocycles. The van der Waals surface area contributed by atoms with Crippen molar-refractivity contribution in [2.75, 3.05) is 40.4 Å². The topological polar surface area (TPSA) is 92.2 Å². The first kappa shape index (κ1) is 23.3. The highest BCUT2D eigenvalue weighted by atomic mass is 16.5. The zero-order valence-corrected chi connectivity index (χ0v) is 18.9. The van der Waals surface area contributed by atoms with Crippen molar-refractivity contribution >= 4 is 17.4 Å². The number of methoxy groups -OCH3 is 2. The molecule has 0 bridgehead atoms. The monoisotopic (exact) mass is 439 g/mol. The molecule has 2 heterocycles. The largest absolute Gasteiger partial charge is 0.507 e. The molecule has 0 unspecified atom stereocenters. The van der Waals surface area contributed by atoms with Crippen molar-refractivity contribution in [1.82, 2.24) is 14.8 Å². The van der Waals surface area contributed by atoms with Gasteiger partial charge in [0.15, 0.2) is 11.5 Å². The Kier molecular flexibility index (Phi) is 7.48. The minimum atomic E-state index is -0.778. The Morgan fingerprint density at radius 1 is 1.09 bits per heavy atom. The number of benzene rings is 1. The molecule has 2 aromatic rings. The van der Waals surface area contributed by atoms with Gasteiger partial charge in [0.2, 0.25) is 0 Å². The van der Waals surface area contributed by atoms with Crippen LogP contribution < -0.4 is 9.47 Å². The molecule has 8 nitrogen and oxygen atoms in total. The van der Waals surface area contributed by atoms with Crippen LogP contribution >= 0.6 is 0 Å². The summed E-state index contributed by atoms with van der Waals surface area (Å²) < 4.78 is 10.6. The number of aromatic nitrogens is 1. The van der Waals surface area contributed by atoms with Gasteiger partial charge < -0.3 is 24.4 Å². The number of likely N-dealkylation sites (N-methyl/N-ethyl adjacent to an activating group) is 1. The second-order valence-corrected chi connectivity index (χ2v) is 7.34. The predicted octanol–water partition coefficient (Wildman–Crippen LogP) is 2.86. The van der Waals surface area contributed by atoms with Crippen molar-refractivity contribution in [2.45, 2.75) is 19.9 Å². The lowest BCUT2D eigenvalue weighted by Crippen LogP contribution is -2.38. The average molecular weight is 440 g/mol. The van der Waals surface area contributed by atoms with E-state index >= 15 is 0 Å². The molecule has 1 aromatic carbocycles. The molecule has 1 amide bonds. The highest BCUT2D eigenvalue weighted by Crippen LogP contribution is 2.39. The van der Waals surface area contributed by atoms with Gasteiger partial charge in [-0.1, -0.05) is 19.9 Å². The summed E-state index contributed by atoms with van der Waals surface area (Å²) in [5.41, 5.74) is 0.888. The molecule has 1 N–H and O–H groups in total. The minimum absolute atomic E-state index is 0.0143. The summed E-state index contributed by atoms with van der Waals surface area (Å²) in [7, 11) is 3.00. The Morgan fingerprint density at radius 2 is 1.81 bits per heavy atom. The van der Waals surface area contributed by atoms with Gasteiger partial charge in [-0.15, -0.1) is 0 Å². The standard InChI is InChI=1S/C24H29N3O5/c1-5-26(6-2)13-14-27-21(17-9-7-8-12-25-17)20(23(29)24(27)30)22(28)16-10-11-18(31-3)19(15-16)32-4/h7-12,15,21,28H,5-6,13-14H2,1-4H3/t21-/m1/s1. The number of nitrogens with zero attached hydrogens (tertiary/aromatic N) is 3. The number of ketones is 1. The summed E-state index contributed by atoms with van der Waals surface area (Å²) in [6, 6.07) is 9.37. The number of aliphatic hydroxyl groups is 1. The van der Waals surface area contributed by atoms with Gasteiger partial charge in [-0.05, 0) is 43.4 Å². The Hall–Kier alpha value is -3.39. The Bertz CT molecular complexity index is 1000. The van der Waals surface area contributed by atoms with E-state index in [4.69, 9.17) is 9.47 Å². The number of hydrogen-bond donors (Lipinski definition) is 1. The maximum Gasteiger partial charge on any atom is 0.295 e. The van der Waals surface area contributed by atoms with Crippen LogP contribution in [0.25, 0.3) is 5.76 Å². The second-order valence-electron chi connectivity index (χ2n) is 7.34. The molecule has 1 atom stereocenters. The van der Waals surface area contributed by atoms with Crippen molar-refractivity contribution in [3.05, 3.63) is 59.4 Å². The predicted molar refractivity (Wildman–Crippen MR) is 121 cm³/mol. The molecule has 3 rings (SSSR count). The molecule has 0 spiro atoms. The summed E-state index contributed by atoms with van der Waals surface area (Å²) in [4.78, 5) is 34.1. The molecular formula is C24H29N3O5. The van der Waals surface area contributed by atoms with Crippen molar-refractivity contribution in [2.24, 2.45) is 0 Å². The molecule has 1 fully saturated rings. The van der Waals surface area contributed by atoms with Crippen LogP contribution in [-0.4, -0.2) is 72.0 Å². The number of hydrogen-bond acceptors (Lipinski definition) is 7. The van der Waals surface area contributed by atoms with Crippen LogP contribution in [0.4, 0.5) is 0 Å². The van der Waals surface area contributed by atoms with Gasteiger partial charge in [-0.3, -0.25) is 14.6 Å². The first-order chi connectivity index (χ1) is 15.5. The number of ether oxygens (including phenoxy) is 2. The average Bonchev–Trinajstić information content (AvgIpc) is 3.09. The fraction of sp³-hybridized carbons (Fsp3) is 0.375. The van der Waals surface area contributed by atoms with E-state index < -0.39 is 17.7 Å². The van der Waals surface area contributed by atoms with Gasteiger partial charge in [0.05, 0.1) is 25.5 Å². The fourth-order valence-corrected chi connectivity index (χ4v) is 3.88. The van der Waals surface area contributed by atoms with Crippen molar-refractivity contribution < 1.29 is 24.2 Å². The summed E-state index contributed by atoms with van der Waals surface area (Å²) in [6.07, 6.45) is 1.61. The van der Waals surface area contributed by atoms with E-state index in [0.717, 1.165) is 13.1 Å². The van der Waals surface area contributed by atoms with E-state index in [1.165, 1.54) is 19.1 Å². The van der Waals surface area contributed by atoms with Gasteiger partial charge in [-0.25, -0.2) is 0 Å². The summed E-state index contributed by atoms with van der Waals surface area (Å²) >= 11 is 0. The molecule has 0 radical (unpaired) electrons. The summed E-state index contributed by atoms with van der Waals surface area (Å²) in [5.74, 6) is -0.751. The van der Waals surface area contributed by atoms with E-state index in [9.17, 15) is 14.7 Å². The third-order valence-electron chi connectivity index (χ3n) is 5.72. The fourth-order valence-electron chi connectivity index (χ4n) is 3.88. The lowest BCUT2D eigenvalue weighted by molar-refractivity contribution is -0.140. The van der Waals surface area contributed by atoms with Crippen molar-refractivity contribution in [1.29, 1.82) is 0 Å². The van der Waals surface area contributed by atoms with E-state index in [1.807, 2.05) is 13.8 Å². The Morgan fingerprint density at radius 3 is 2.41 bits per heavy atom. The van der Waals surface area contributed by atoms with E-state index in [-0.39, 0.29) is 11.3 Å². The van der Waals surface area contributed by atoms with E-state index in [0.29, 0.717) is 35.8 Å². The first-order valence-corrected chi connectivity index (χ1v) is 10.6. The van der Waals surface area contributed by atoms with Gasteiger partial charge in [-0.2, -0.15) is 0 Å². The zero-order valence-electron chi connectivity index (χ0n) is 18.9. The molecule has 0 saturated carbocycles. The summed E-state index contributed by atoms with van der Waals surface area (Å²) in [6.45, 7) is 6.71. The number of pyridine rings is 1. The normalized spacial score (nSPS) is 17.8. The number of rotatable bonds is 9. The van der Waals surface area contributed by atoms with Crippen LogP contribution in [0.1, 0.15) is 31.1 Å². The quantitative estimate of drug-likeness (QED) is 0.365. The van der Waals surface area contributed by atoms with Crippen molar-refractivity contribution in [3.63, 3.8) is 0 Å². The van der Waals surface area contributed by atoms with Crippen LogP contribution in [0.5, 0.6) is 11.5 Å². The Labute approximate surface area is 188 Å².